The third kappa shape index (κ3) is 4.93. The summed E-state index contributed by atoms with van der Waals surface area (Å²) in [5, 5.41) is 0. The predicted octanol–water partition coefficient (Wildman–Crippen LogP) is 4.21. The number of rotatable bonds is 6. The molecule has 1 aromatic heterocycles. The lowest BCUT2D eigenvalue weighted by molar-refractivity contribution is -0.138. The Morgan fingerprint density at radius 2 is 1.73 bits per heavy atom. The summed E-state index contributed by atoms with van der Waals surface area (Å²) in [7, 11) is -3.20. The second-order valence-electron chi connectivity index (χ2n) is 10.0. The minimum Gasteiger partial charge on any atom is -0.477 e. The highest BCUT2D eigenvalue weighted by Crippen LogP contribution is 2.49. The van der Waals surface area contributed by atoms with Crippen molar-refractivity contribution < 1.29 is 17.9 Å². The van der Waals surface area contributed by atoms with Crippen molar-refractivity contribution in [3.05, 3.63) is 42.6 Å². The zero-order valence-electron chi connectivity index (χ0n) is 19.2. The highest BCUT2D eigenvalue weighted by molar-refractivity contribution is 7.90. The number of aromatic nitrogens is 1. The van der Waals surface area contributed by atoms with Gasteiger partial charge in [0.2, 0.25) is 11.8 Å². The summed E-state index contributed by atoms with van der Waals surface area (Å²) in [4.78, 5) is 19.8. The molecule has 0 N–H and O–H groups in total. The number of hydrogen-bond donors (Lipinski definition) is 0. The summed E-state index contributed by atoms with van der Waals surface area (Å²) in [6.45, 7) is 2.30. The number of nitrogens with zero attached hydrogens (tertiary/aromatic N) is 2. The van der Waals surface area contributed by atoms with E-state index in [0.29, 0.717) is 41.0 Å². The lowest BCUT2D eigenvalue weighted by Gasteiger charge is -2.35. The van der Waals surface area contributed by atoms with E-state index < -0.39 is 9.84 Å². The Kier molecular flexibility index (Phi) is 6.16. The molecule has 176 valence electrons. The van der Waals surface area contributed by atoms with Crippen molar-refractivity contribution in [2.75, 3.05) is 26.0 Å². The molecule has 1 aromatic carbocycles. The summed E-state index contributed by atoms with van der Waals surface area (Å²) in [6, 6.07) is 10.6. The monoisotopic (exact) mass is 468 g/mol. The zero-order valence-corrected chi connectivity index (χ0v) is 20.0. The van der Waals surface area contributed by atoms with E-state index in [2.05, 4.69) is 9.88 Å². The van der Waals surface area contributed by atoms with Crippen LogP contribution < -0.4 is 4.74 Å². The SMILES string of the molecule is CS(=O)(=O)c1ccc(-c2ccc(OCC3CCN(C(=O)C4CC5CCC4C5)CC3)nc2)cc1. The molecule has 2 aromatic rings. The molecule has 0 spiro atoms. The number of amides is 1. The number of ether oxygens (including phenoxy) is 1. The molecule has 0 radical (unpaired) electrons. The molecule has 3 unspecified atom stereocenters. The van der Waals surface area contributed by atoms with Crippen LogP contribution >= 0.6 is 0 Å². The van der Waals surface area contributed by atoms with Crippen LogP contribution in [-0.2, 0) is 14.6 Å². The smallest absolute Gasteiger partial charge is 0.225 e. The maximum absolute atomic E-state index is 12.9. The Balaban J connectivity index is 1.09. The van der Waals surface area contributed by atoms with Crippen molar-refractivity contribution in [2.45, 2.75) is 43.4 Å². The van der Waals surface area contributed by atoms with Crippen molar-refractivity contribution in [1.82, 2.24) is 9.88 Å². The number of likely N-dealkylation sites (tertiary alicyclic amines) is 1. The lowest BCUT2D eigenvalue weighted by Crippen LogP contribution is -2.43. The number of carbonyl (C=O) groups excluding carboxylic acids is 1. The van der Waals surface area contributed by atoms with Crippen LogP contribution in [0.15, 0.2) is 47.5 Å². The number of hydrogen-bond acceptors (Lipinski definition) is 5. The summed E-state index contributed by atoms with van der Waals surface area (Å²) < 4.78 is 29.2. The maximum atomic E-state index is 12.9. The van der Waals surface area contributed by atoms with Gasteiger partial charge in [0.05, 0.1) is 11.5 Å². The van der Waals surface area contributed by atoms with Crippen molar-refractivity contribution in [3.8, 4) is 17.0 Å². The van der Waals surface area contributed by atoms with E-state index in [1.54, 1.807) is 30.5 Å². The Hall–Kier alpha value is -2.41. The number of carbonyl (C=O) groups is 1. The average molecular weight is 469 g/mol. The molecular weight excluding hydrogens is 436 g/mol. The molecule has 3 fully saturated rings. The molecule has 2 heterocycles. The molecule has 3 aliphatic rings. The van der Waals surface area contributed by atoms with Gasteiger partial charge in [-0.25, -0.2) is 13.4 Å². The van der Waals surface area contributed by atoms with Gasteiger partial charge in [-0.15, -0.1) is 0 Å². The number of fused-ring (bicyclic) bond motifs is 2. The molecule has 7 heteroatoms. The summed E-state index contributed by atoms with van der Waals surface area (Å²) in [6.07, 6.45) is 9.91. The van der Waals surface area contributed by atoms with Crippen molar-refractivity contribution in [1.29, 1.82) is 0 Å². The van der Waals surface area contributed by atoms with Gasteiger partial charge in [0.1, 0.15) is 0 Å². The first-order chi connectivity index (χ1) is 15.9. The van der Waals surface area contributed by atoms with E-state index in [1.807, 2.05) is 12.1 Å². The second kappa shape index (κ2) is 9.09. The van der Waals surface area contributed by atoms with E-state index in [-0.39, 0.29) is 0 Å². The minimum absolute atomic E-state index is 0.293. The third-order valence-electron chi connectivity index (χ3n) is 7.80. The standard InChI is InChI=1S/C26H32N2O4S/c1-33(30,31)23-7-4-20(5-8-23)22-6-9-25(27-16-22)32-17-18-10-12-28(13-11-18)26(29)24-15-19-2-3-21(24)14-19/h4-9,16,18-19,21,24H,2-3,10-15,17H2,1H3. The van der Waals surface area contributed by atoms with Crippen LogP contribution in [0.4, 0.5) is 0 Å². The van der Waals surface area contributed by atoms with Gasteiger partial charge < -0.3 is 9.64 Å². The molecule has 1 amide bonds. The van der Waals surface area contributed by atoms with Crippen molar-refractivity contribution in [3.63, 3.8) is 0 Å². The Labute approximate surface area is 196 Å². The van der Waals surface area contributed by atoms with Gasteiger partial charge in [-0.3, -0.25) is 4.79 Å². The largest absolute Gasteiger partial charge is 0.477 e. The first kappa shape index (κ1) is 22.4. The highest BCUT2D eigenvalue weighted by atomic mass is 32.2. The molecule has 3 atom stereocenters. The molecule has 5 rings (SSSR count). The Morgan fingerprint density at radius 3 is 2.30 bits per heavy atom. The molecular formula is C26H32N2O4S. The van der Waals surface area contributed by atoms with Gasteiger partial charge in [-0.2, -0.15) is 0 Å². The van der Waals surface area contributed by atoms with Crippen molar-refractivity contribution in [2.24, 2.45) is 23.7 Å². The number of benzene rings is 1. The van der Waals surface area contributed by atoms with Gasteiger partial charge in [-0.05, 0) is 73.6 Å². The summed E-state index contributed by atoms with van der Waals surface area (Å²) >= 11 is 0. The topological polar surface area (TPSA) is 76.6 Å². The fraction of sp³-hybridized carbons (Fsp3) is 0.538. The maximum Gasteiger partial charge on any atom is 0.225 e. The third-order valence-corrected chi connectivity index (χ3v) is 8.93. The van der Waals surface area contributed by atoms with Gasteiger partial charge in [-0.1, -0.05) is 18.6 Å². The first-order valence-corrected chi connectivity index (χ1v) is 13.9. The molecule has 1 aliphatic heterocycles. The van der Waals surface area contributed by atoms with Crippen LogP contribution in [0.25, 0.3) is 11.1 Å². The van der Waals surface area contributed by atoms with Crippen LogP contribution in [0.3, 0.4) is 0 Å². The fourth-order valence-corrected chi connectivity index (χ4v) is 6.47. The quantitative estimate of drug-likeness (QED) is 0.635. The van der Waals surface area contributed by atoms with E-state index >= 15 is 0 Å². The Bertz CT molecular complexity index is 1090. The van der Waals surface area contributed by atoms with Crippen LogP contribution in [0.1, 0.15) is 38.5 Å². The predicted molar refractivity (Wildman–Crippen MR) is 127 cm³/mol. The van der Waals surface area contributed by atoms with Crippen molar-refractivity contribution >= 4 is 15.7 Å². The van der Waals surface area contributed by atoms with E-state index in [4.69, 9.17) is 4.74 Å². The summed E-state index contributed by atoms with van der Waals surface area (Å²) in [5.74, 6) is 3.19. The number of pyridine rings is 1. The minimum atomic E-state index is -3.20. The van der Waals surface area contributed by atoms with Gasteiger partial charge >= 0.3 is 0 Å². The normalized spacial score (nSPS) is 25.4. The molecule has 2 aliphatic carbocycles. The van der Waals surface area contributed by atoms with E-state index in [9.17, 15) is 13.2 Å². The van der Waals surface area contributed by atoms with Gasteiger partial charge in [0.25, 0.3) is 0 Å². The van der Waals surface area contributed by atoms with Crippen LogP contribution in [0.2, 0.25) is 0 Å². The van der Waals surface area contributed by atoms with Crippen LogP contribution in [0, 0.1) is 23.7 Å². The zero-order chi connectivity index (χ0) is 23.0. The van der Waals surface area contributed by atoms with Gasteiger partial charge in [0.15, 0.2) is 9.84 Å². The first-order valence-electron chi connectivity index (χ1n) is 12.0. The van der Waals surface area contributed by atoms with Crippen LogP contribution in [-0.4, -0.2) is 50.2 Å². The molecule has 33 heavy (non-hydrogen) atoms. The van der Waals surface area contributed by atoms with E-state index in [0.717, 1.165) is 49.4 Å². The number of piperidine rings is 1. The molecule has 2 bridgehead atoms. The Morgan fingerprint density at radius 1 is 1.00 bits per heavy atom. The van der Waals surface area contributed by atoms with Crippen LogP contribution in [0.5, 0.6) is 5.88 Å². The highest BCUT2D eigenvalue weighted by Gasteiger charge is 2.44. The number of sulfone groups is 1. The van der Waals surface area contributed by atoms with Gasteiger partial charge in [0, 0.05) is 43.1 Å². The van der Waals surface area contributed by atoms with E-state index in [1.165, 1.54) is 25.5 Å². The fourth-order valence-electron chi connectivity index (χ4n) is 5.84. The molecule has 1 saturated heterocycles. The average Bonchev–Trinajstić information content (AvgIpc) is 3.47. The molecule has 2 saturated carbocycles. The summed E-state index contributed by atoms with van der Waals surface area (Å²) in [5.41, 5.74) is 1.82. The molecule has 6 nitrogen and oxygen atoms in total. The lowest BCUT2D eigenvalue weighted by atomic mass is 9.87. The second-order valence-corrected chi connectivity index (χ2v) is 12.1.